The second-order valence-corrected chi connectivity index (χ2v) is 4.67. The second kappa shape index (κ2) is 4.72. The smallest absolute Gasteiger partial charge is 0.0268 e. The number of aryl methyl sites for hydroxylation is 2. The molecule has 0 aliphatic heterocycles. The third kappa shape index (κ3) is 2.40. The third-order valence-corrected chi connectivity index (χ3v) is 3.23. The van der Waals surface area contributed by atoms with Gasteiger partial charge < -0.3 is 5.73 Å². The molecule has 0 saturated heterocycles. The average molecular weight is 225 g/mol. The molecule has 0 aliphatic rings. The summed E-state index contributed by atoms with van der Waals surface area (Å²) < 4.78 is 0. The fourth-order valence-electron chi connectivity index (χ4n) is 2.20. The SMILES string of the molecule is Cc1ccccc1-c1ccc(C)c(C(C)N)c1. The Kier molecular flexibility index (Phi) is 3.30. The zero-order valence-corrected chi connectivity index (χ0v) is 10.7. The zero-order chi connectivity index (χ0) is 12.4. The van der Waals surface area contributed by atoms with Crippen molar-refractivity contribution in [3.63, 3.8) is 0 Å². The minimum absolute atomic E-state index is 0.0824. The number of nitrogens with two attached hydrogens (primary N) is 1. The van der Waals surface area contributed by atoms with Gasteiger partial charge in [-0.1, -0.05) is 36.4 Å². The molecule has 2 N–H and O–H groups in total. The van der Waals surface area contributed by atoms with Crippen LogP contribution in [0, 0.1) is 13.8 Å². The van der Waals surface area contributed by atoms with Crippen LogP contribution in [-0.2, 0) is 0 Å². The summed E-state index contributed by atoms with van der Waals surface area (Å²) in [6, 6.07) is 15.1. The standard InChI is InChI=1S/C16H19N/c1-11-6-4-5-7-15(11)14-9-8-12(2)16(10-14)13(3)17/h4-10,13H,17H2,1-3H3. The molecule has 0 amide bonds. The first kappa shape index (κ1) is 11.9. The Bertz CT molecular complexity index is 527. The van der Waals surface area contributed by atoms with Crippen molar-refractivity contribution in [1.82, 2.24) is 0 Å². The molecule has 1 nitrogen and oxygen atoms in total. The second-order valence-electron chi connectivity index (χ2n) is 4.67. The Morgan fingerprint density at radius 2 is 1.65 bits per heavy atom. The van der Waals surface area contributed by atoms with E-state index < -0.39 is 0 Å². The molecule has 0 aromatic heterocycles. The Hall–Kier alpha value is -1.60. The van der Waals surface area contributed by atoms with E-state index in [1.54, 1.807) is 0 Å². The molecule has 17 heavy (non-hydrogen) atoms. The topological polar surface area (TPSA) is 26.0 Å². The van der Waals surface area contributed by atoms with Gasteiger partial charge in [-0.15, -0.1) is 0 Å². The van der Waals surface area contributed by atoms with Gasteiger partial charge in [0.1, 0.15) is 0 Å². The van der Waals surface area contributed by atoms with Gasteiger partial charge in [0, 0.05) is 6.04 Å². The third-order valence-electron chi connectivity index (χ3n) is 3.23. The van der Waals surface area contributed by atoms with Gasteiger partial charge in [-0.25, -0.2) is 0 Å². The molecular weight excluding hydrogens is 206 g/mol. The number of hydrogen-bond acceptors (Lipinski definition) is 1. The highest BCUT2D eigenvalue weighted by Gasteiger charge is 2.07. The van der Waals surface area contributed by atoms with Crippen molar-refractivity contribution >= 4 is 0 Å². The molecule has 1 heteroatoms. The van der Waals surface area contributed by atoms with Gasteiger partial charge in [-0.2, -0.15) is 0 Å². The van der Waals surface area contributed by atoms with Crippen molar-refractivity contribution in [3.8, 4) is 11.1 Å². The van der Waals surface area contributed by atoms with Crippen molar-refractivity contribution in [2.75, 3.05) is 0 Å². The lowest BCUT2D eigenvalue weighted by Crippen LogP contribution is -2.07. The number of rotatable bonds is 2. The molecular formula is C16H19N. The Morgan fingerprint density at radius 3 is 2.29 bits per heavy atom. The van der Waals surface area contributed by atoms with Gasteiger partial charge in [0.25, 0.3) is 0 Å². The molecule has 0 fully saturated rings. The maximum atomic E-state index is 6.00. The van der Waals surface area contributed by atoms with Crippen LogP contribution < -0.4 is 5.73 Å². The Labute approximate surface area is 103 Å². The first-order chi connectivity index (χ1) is 8.09. The molecule has 0 heterocycles. The van der Waals surface area contributed by atoms with Crippen LogP contribution in [0.25, 0.3) is 11.1 Å². The van der Waals surface area contributed by atoms with E-state index in [9.17, 15) is 0 Å². The molecule has 88 valence electrons. The highest BCUT2D eigenvalue weighted by molar-refractivity contribution is 5.68. The van der Waals surface area contributed by atoms with Crippen LogP contribution in [0.2, 0.25) is 0 Å². The molecule has 0 aliphatic carbocycles. The van der Waals surface area contributed by atoms with Crippen LogP contribution in [0.15, 0.2) is 42.5 Å². The number of benzene rings is 2. The van der Waals surface area contributed by atoms with E-state index in [0.29, 0.717) is 0 Å². The van der Waals surface area contributed by atoms with Crippen LogP contribution in [0.3, 0.4) is 0 Å². The van der Waals surface area contributed by atoms with Crippen LogP contribution in [0.1, 0.15) is 29.7 Å². The van der Waals surface area contributed by atoms with E-state index in [0.717, 1.165) is 0 Å². The van der Waals surface area contributed by atoms with E-state index in [4.69, 9.17) is 5.73 Å². The van der Waals surface area contributed by atoms with Crippen molar-refractivity contribution in [3.05, 3.63) is 59.2 Å². The van der Waals surface area contributed by atoms with Crippen LogP contribution in [-0.4, -0.2) is 0 Å². The lowest BCUT2D eigenvalue weighted by atomic mass is 9.94. The lowest BCUT2D eigenvalue weighted by Gasteiger charge is -2.13. The van der Waals surface area contributed by atoms with E-state index in [2.05, 4.69) is 56.3 Å². The molecule has 0 saturated carbocycles. The minimum Gasteiger partial charge on any atom is -0.324 e. The summed E-state index contributed by atoms with van der Waals surface area (Å²) in [6.07, 6.45) is 0. The molecule has 0 bridgehead atoms. The predicted octanol–water partition coefficient (Wildman–Crippen LogP) is 3.99. The fraction of sp³-hybridized carbons (Fsp3) is 0.250. The fourth-order valence-corrected chi connectivity index (χ4v) is 2.20. The maximum Gasteiger partial charge on any atom is 0.0268 e. The normalized spacial score (nSPS) is 12.5. The first-order valence-corrected chi connectivity index (χ1v) is 6.01. The molecule has 0 spiro atoms. The van der Waals surface area contributed by atoms with Gasteiger partial charge >= 0.3 is 0 Å². The van der Waals surface area contributed by atoms with Crippen molar-refractivity contribution in [2.24, 2.45) is 5.73 Å². The summed E-state index contributed by atoms with van der Waals surface area (Å²) in [5.74, 6) is 0. The molecule has 1 unspecified atom stereocenters. The van der Waals surface area contributed by atoms with Gasteiger partial charge in [0.2, 0.25) is 0 Å². The highest BCUT2D eigenvalue weighted by Crippen LogP contribution is 2.27. The molecule has 2 aromatic rings. The summed E-state index contributed by atoms with van der Waals surface area (Å²) in [5.41, 5.74) is 12.3. The summed E-state index contributed by atoms with van der Waals surface area (Å²) in [6.45, 7) is 6.28. The first-order valence-electron chi connectivity index (χ1n) is 6.01. The maximum absolute atomic E-state index is 6.00. The van der Waals surface area contributed by atoms with Gasteiger partial charge in [-0.05, 0) is 54.7 Å². The Balaban J connectivity index is 2.54. The van der Waals surface area contributed by atoms with Gasteiger partial charge in [0.15, 0.2) is 0 Å². The summed E-state index contributed by atoms with van der Waals surface area (Å²) >= 11 is 0. The van der Waals surface area contributed by atoms with E-state index in [1.165, 1.54) is 27.8 Å². The quantitative estimate of drug-likeness (QED) is 0.821. The zero-order valence-electron chi connectivity index (χ0n) is 10.7. The largest absolute Gasteiger partial charge is 0.324 e. The average Bonchev–Trinajstić information content (AvgIpc) is 2.30. The molecule has 2 aromatic carbocycles. The van der Waals surface area contributed by atoms with Crippen molar-refractivity contribution in [2.45, 2.75) is 26.8 Å². The van der Waals surface area contributed by atoms with Crippen LogP contribution in [0.5, 0.6) is 0 Å². The highest BCUT2D eigenvalue weighted by atomic mass is 14.6. The van der Waals surface area contributed by atoms with Crippen molar-refractivity contribution in [1.29, 1.82) is 0 Å². The van der Waals surface area contributed by atoms with Crippen LogP contribution in [0.4, 0.5) is 0 Å². The van der Waals surface area contributed by atoms with Gasteiger partial charge in [0.05, 0.1) is 0 Å². The molecule has 2 rings (SSSR count). The summed E-state index contributed by atoms with van der Waals surface area (Å²) in [7, 11) is 0. The molecule has 0 radical (unpaired) electrons. The van der Waals surface area contributed by atoms with E-state index >= 15 is 0 Å². The van der Waals surface area contributed by atoms with Gasteiger partial charge in [-0.3, -0.25) is 0 Å². The Morgan fingerprint density at radius 1 is 0.941 bits per heavy atom. The molecule has 1 atom stereocenters. The minimum atomic E-state index is 0.0824. The lowest BCUT2D eigenvalue weighted by molar-refractivity contribution is 0.810. The van der Waals surface area contributed by atoms with Crippen LogP contribution >= 0.6 is 0 Å². The number of hydrogen-bond donors (Lipinski definition) is 1. The monoisotopic (exact) mass is 225 g/mol. The summed E-state index contributed by atoms with van der Waals surface area (Å²) in [4.78, 5) is 0. The predicted molar refractivity (Wildman–Crippen MR) is 74.0 cm³/mol. The summed E-state index contributed by atoms with van der Waals surface area (Å²) in [5, 5.41) is 0. The van der Waals surface area contributed by atoms with Crippen molar-refractivity contribution < 1.29 is 0 Å². The van der Waals surface area contributed by atoms with E-state index in [1.807, 2.05) is 6.92 Å². The van der Waals surface area contributed by atoms with E-state index in [-0.39, 0.29) is 6.04 Å².